The molecule has 0 saturated carbocycles. The van der Waals surface area contributed by atoms with Crippen molar-refractivity contribution in [2.45, 2.75) is 38.2 Å². The van der Waals surface area contributed by atoms with E-state index >= 15 is 0 Å². The number of rotatable bonds is 2. The minimum atomic E-state index is -0.0144. The number of nitrogens with zero attached hydrogens (tertiary/aromatic N) is 1. The number of ether oxygens (including phenoxy) is 1. The molecule has 2 aromatic rings. The van der Waals surface area contributed by atoms with Crippen LogP contribution >= 0.6 is 23.7 Å². The molecule has 0 aliphatic carbocycles. The van der Waals surface area contributed by atoms with Crippen molar-refractivity contribution in [3.63, 3.8) is 0 Å². The van der Waals surface area contributed by atoms with Gasteiger partial charge in [0.25, 0.3) is 0 Å². The predicted octanol–water partition coefficient (Wildman–Crippen LogP) is 4.90. The highest BCUT2D eigenvalue weighted by atomic mass is 35.5. The molecule has 1 aliphatic heterocycles. The van der Waals surface area contributed by atoms with Gasteiger partial charge in [0.1, 0.15) is 5.01 Å². The summed E-state index contributed by atoms with van der Waals surface area (Å²) in [4.78, 5) is 4.83. The molecule has 1 fully saturated rings. The monoisotopic (exact) mass is 309 g/mol. The van der Waals surface area contributed by atoms with Gasteiger partial charge in [-0.1, -0.05) is 30.3 Å². The lowest BCUT2D eigenvalue weighted by atomic mass is 9.87. The molecule has 1 atom stereocenters. The second-order valence-corrected chi connectivity index (χ2v) is 6.60. The van der Waals surface area contributed by atoms with Crippen molar-refractivity contribution in [3.8, 4) is 10.6 Å². The molecule has 0 radical (unpaired) electrons. The van der Waals surface area contributed by atoms with E-state index in [0.717, 1.165) is 24.5 Å². The molecular formula is C16H20ClNOS. The van der Waals surface area contributed by atoms with Gasteiger partial charge in [-0.05, 0) is 26.7 Å². The second-order valence-electron chi connectivity index (χ2n) is 5.74. The second kappa shape index (κ2) is 6.25. The molecule has 0 N–H and O–H groups in total. The third-order valence-corrected chi connectivity index (χ3v) is 4.57. The molecule has 1 aromatic carbocycles. The predicted molar refractivity (Wildman–Crippen MR) is 86.8 cm³/mol. The Morgan fingerprint density at radius 3 is 2.70 bits per heavy atom. The van der Waals surface area contributed by atoms with Crippen LogP contribution in [0.15, 0.2) is 35.7 Å². The molecule has 1 unspecified atom stereocenters. The maximum absolute atomic E-state index is 5.78. The highest BCUT2D eigenvalue weighted by Gasteiger charge is 2.30. The van der Waals surface area contributed by atoms with Crippen LogP contribution in [0.5, 0.6) is 0 Å². The first kappa shape index (κ1) is 15.5. The van der Waals surface area contributed by atoms with Gasteiger partial charge in [0.05, 0.1) is 11.3 Å². The van der Waals surface area contributed by atoms with Crippen molar-refractivity contribution < 1.29 is 4.74 Å². The molecule has 2 heterocycles. The van der Waals surface area contributed by atoms with E-state index in [0.29, 0.717) is 5.92 Å². The van der Waals surface area contributed by atoms with Crippen molar-refractivity contribution in [1.29, 1.82) is 0 Å². The Balaban J connectivity index is 0.00000147. The molecule has 3 rings (SSSR count). The fourth-order valence-electron chi connectivity index (χ4n) is 2.67. The van der Waals surface area contributed by atoms with Crippen LogP contribution in [0.1, 0.15) is 38.3 Å². The topological polar surface area (TPSA) is 22.1 Å². The quantitative estimate of drug-likeness (QED) is 0.786. The van der Waals surface area contributed by atoms with Gasteiger partial charge in [-0.3, -0.25) is 0 Å². The summed E-state index contributed by atoms with van der Waals surface area (Å²) in [7, 11) is 0. The third kappa shape index (κ3) is 3.40. The fourth-order valence-corrected chi connectivity index (χ4v) is 3.58. The highest BCUT2D eigenvalue weighted by Crippen LogP contribution is 2.37. The van der Waals surface area contributed by atoms with Crippen molar-refractivity contribution in [2.24, 2.45) is 0 Å². The summed E-state index contributed by atoms with van der Waals surface area (Å²) in [6.07, 6.45) is 2.15. The number of benzene rings is 1. The maximum atomic E-state index is 5.78. The zero-order chi connectivity index (χ0) is 13.3. The van der Waals surface area contributed by atoms with E-state index in [1.54, 1.807) is 11.3 Å². The number of aromatic nitrogens is 1. The minimum absolute atomic E-state index is 0. The first-order valence-electron chi connectivity index (χ1n) is 6.79. The number of thiazole rings is 1. The molecule has 20 heavy (non-hydrogen) atoms. The van der Waals surface area contributed by atoms with E-state index in [-0.39, 0.29) is 18.0 Å². The molecule has 108 valence electrons. The highest BCUT2D eigenvalue weighted by molar-refractivity contribution is 7.13. The maximum Gasteiger partial charge on any atom is 0.123 e. The van der Waals surface area contributed by atoms with Crippen molar-refractivity contribution in [1.82, 2.24) is 4.98 Å². The molecule has 0 bridgehead atoms. The van der Waals surface area contributed by atoms with Gasteiger partial charge in [0, 0.05) is 23.5 Å². The zero-order valence-corrected chi connectivity index (χ0v) is 13.5. The van der Waals surface area contributed by atoms with E-state index < -0.39 is 0 Å². The Morgan fingerprint density at radius 2 is 2.00 bits per heavy atom. The average molecular weight is 310 g/mol. The van der Waals surface area contributed by atoms with Gasteiger partial charge in [0.15, 0.2) is 0 Å². The van der Waals surface area contributed by atoms with E-state index in [9.17, 15) is 0 Å². The Kier molecular flexibility index (Phi) is 4.84. The van der Waals surface area contributed by atoms with E-state index in [1.807, 2.05) is 6.07 Å². The lowest BCUT2D eigenvalue weighted by Gasteiger charge is -2.34. The van der Waals surface area contributed by atoms with E-state index in [1.165, 1.54) is 11.3 Å². The summed E-state index contributed by atoms with van der Waals surface area (Å²) >= 11 is 1.74. The van der Waals surface area contributed by atoms with Crippen LogP contribution in [-0.2, 0) is 4.74 Å². The molecule has 1 aliphatic rings. The van der Waals surface area contributed by atoms with Gasteiger partial charge < -0.3 is 4.74 Å². The van der Waals surface area contributed by atoms with Gasteiger partial charge >= 0.3 is 0 Å². The summed E-state index contributed by atoms with van der Waals surface area (Å²) in [5.41, 5.74) is 2.43. The molecular weight excluding hydrogens is 290 g/mol. The average Bonchev–Trinajstić information content (AvgIpc) is 2.88. The van der Waals surface area contributed by atoms with E-state index in [4.69, 9.17) is 9.72 Å². The zero-order valence-electron chi connectivity index (χ0n) is 11.8. The third-order valence-electron chi connectivity index (χ3n) is 3.66. The minimum Gasteiger partial charge on any atom is -0.376 e. The van der Waals surface area contributed by atoms with E-state index in [2.05, 4.69) is 43.5 Å². The normalized spacial score (nSPS) is 21.2. The Hall–Kier alpha value is -0.900. The van der Waals surface area contributed by atoms with Gasteiger partial charge in [-0.2, -0.15) is 0 Å². The van der Waals surface area contributed by atoms with Gasteiger partial charge in [-0.15, -0.1) is 23.7 Å². The number of halogens is 1. The standard InChI is InChI=1S/C16H19NOS.ClH/c1-16(2)10-13(8-9-18-16)14-11-19-15(17-14)12-6-4-3-5-7-12;/h3-7,11,13H,8-10H2,1-2H3;1H. The number of hydrogen-bond donors (Lipinski definition) is 0. The smallest absolute Gasteiger partial charge is 0.123 e. The van der Waals surface area contributed by atoms with Crippen LogP contribution in [0.4, 0.5) is 0 Å². The molecule has 1 aromatic heterocycles. The summed E-state index contributed by atoms with van der Waals surface area (Å²) in [5, 5.41) is 3.34. The SMILES string of the molecule is CC1(C)CC(c2csc(-c3ccccc3)n2)CCO1.Cl. The molecule has 4 heteroatoms. The van der Waals surface area contributed by atoms with Crippen molar-refractivity contribution in [3.05, 3.63) is 41.4 Å². The Bertz CT molecular complexity index is 553. The van der Waals surface area contributed by atoms with Crippen LogP contribution in [-0.4, -0.2) is 17.2 Å². The summed E-state index contributed by atoms with van der Waals surface area (Å²) in [5.74, 6) is 0.539. The lowest BCUT2D eigenvalue weighted by molar-refractivity contribution is -0.0597. The molecule has 1 saturated heterocycles. The summed E-state index contributed by atoms with van der Waals surface area (Å²) in [6, 6.07) is 10.4. The van der Waals surface area contributed by atoms with Crippen molar-refractivity contribution in [2.75, 3.05) is 6.61 Å². The molecule has 0 amide bonds. The van der Waals surface area contributed by atoms with Crippen LogP contribution in [0, 0.1) is 0 Å². The van der Waals surface area contributed by atoms with Gasteiger partial charge in [0.2, 0.25) is 0 Å². The van der Waals surface area contributed by atoms with Crippen LogP contribution in [0.3, 0.4) is 0 Å². The van der Waals surface area contributed by atoms with Crippen molar-refractivity contribution >= 4 is 23.7 Å². The first-order chi connectivity index (χ1) is 9.14. The number of hydrogen-bond acceptors (Lipinski definition) is 3. The van der Waals surface area contributed by atoms with Crippen LogP contribution < -0.4 is 0 Å². The summed E-state index contributed by atoms with van der Waals surface area (Å²) in [6.45, 7) is 5.18. The Morgan fingerprint density at radius 1 is 1.25 bits per heavy atom. The largest absolute Gasteiger partial charge is 0.376 e. The van der Waals surface area contributed by atoms with Gasteiger partial charge in [-0.25, -0.2) is 4.98 Å². The molecule has 0 spiro atoms. The Labute approximate surface area is 130 Å². The molecule has 2 nitrogen and oxygen atoms in total. The fraction of sp³-hybridized carbons (Fsp3) is 0.438. The first-order valence-corrected chi connectivity index (χ1v) is 7.67. The summed E-state index contributed by atoms with van der Waals surface area (Å²) < 4.78 is 5.78. The lowest BCUT2D eigenvalue weighted by Crippen LogP contribution is -2.33. The van der Waals surface area contributed by atoms with Crippen LogP contribution in [0.2, 0.25) is 0 Å². The van der Waals surface area contributed by atoms with Crippen LogP contribution in [0.25, 0.3) is 10.6 Å².